The third kappa shape index (κ3) is 3.74. The van der Waals surface area contributed by atoms with Gasteiger partial charge in [-0.25, -0.2) is 18.0 Å². The van der Waals surface area contributed by atoms with Crippen molar-refractivity contribution in [3.8, 4) is 22.3 Å². The van der Waals surface area contributed by atoms with Crippen molar-refractivity contribution < 1.29 is 27.5 Å². The number of nitrogens with one attached hydrogen (secondary N) is 1. The first kappa shape index (κ1) is 22.0. The molecule has 9 heteroatoms. The van der Waals surface area contributed by atoms with Gasteiger partial charge in [0.05, 0.1) is 29.6 Å². The monoisotopic (exact) mass is 424 g/mol. The van der Waals surface area contributed by atoms with Crippen molar-refractivity contribution in [2.24, 2.45) is 0 Å². The van der Waals surface area contributed by atoms with Gasteiger partial charge in [0, 0.05) is 18.2 Å². The summed E-state index contributed by atoms with van der Waals surface area (Å²) in [5.41, 5.74) is 4.04. The normalized spacial score (nSPS) is 10.6. The predicted octanol–water partition coefficient (Wildman–Crippen LogP) is 3.45. The molecule has 3 aromatic rings. The molecular weight excluding hydrogens is 408 g/mol. The second-order valence-corrected chi connectivity index (χ2v) is 6.58. The van der Waals surface area contributed by atoms with Gasteiger partial charge in [0.1, 0.15) is 19.9 Å². The minimum atomic E-state index is -1.52. The van der Waals surface area contributed by atoms with Gasteiger partial charge in [-0.15, -0.1) is 0 Å². The molecular formula is C22H16BF3N2O3. The summed E-state index contributed by atoms with van der Waals surface area (Å²) in [6.45, 7) is 0. The van der Waals surface area contributed by atoms with Crippen LogP contribution < -0.4 is 16.5 Å². The average molecular weight is 424 g/mol. The Balaban J connectivity index is 2.31. The van der Waals surface area contributed by atoms with Gasteiger partial charge in [0.15, 0.2) is 11.6 Å². The molecule has 2 radical (unpaired) electrons. The highest BCUT2D eigenvalue weighted by atomic mass is 19.2. The molecule has 156 valence electrons. The van der Waals surface area contributed by atoms with Crippen LogP contribution in [0, 0.1) is 17.5 Å². The number of carbonyl (C=O) groups is 2. The molecule has 0 spiro atoms. The molecule has 3 rings (SSSR count). The summed E-state index contributed by atoms with van der Waals surface area (Å²) >= 11 is 0. The number of hydrogen-bond donors (Lipinski definition) is 2. The molecule has 0 aliphatic rings. The molecule has 0 aliphatic heterocycles. The Labute approximate surface area is 177 Å². The van der Waals surface area contributed by atoms with E-state index in [4.69, 9.17) is 13.6 Å². The molecule has 0 fully saturated rings. The Morgan fingerprint density at radius 3 is 2.35 bits per heavy atom. The molecule has 31 heavy (non-hydrogen) atoms. The quantitative estimate of drug-likeness (QED) is 0.216. The van der Waals surface area contributed by atoms with Crippen LogP contribution in [0.3, 0.4) is 0 Å². The minimum Gasteiger partial charge on any atom is -0.465 e. The minimum absolute atomic E-state index is 0.0130. The number of aldehydes is 1. The summed E-state index contributed by atoms with van der Waals surface area (Å²) < 4.78 is 50.0. The Bertz CT molecular complexity index is 1190. The number of halogens is 3. The van der Waals surface area contributed by atoms with Crippen molar-refractivity contribution in [3.05, 3.63) is 65.0 Å². The van der Waals surface area contributed by atoms with E-state index in [9.17, 15) is 9.59 Å². The van der Waals surface area contributed by atoms with Gasteiger partial charge in [-0.3, -0.25) is 4.79 Å². The maximum Gasteiger partial charge on any atom is 0.340 e. The van der Waals surface area contributed by atoms with Crippen molar-refractivity contribution in [1.29, 1.82) is 0 Å². The number of esters is 1. The molecule has 0 saturated heterocycles. The zero-order valence-corrected chi connectivity index (χ0v) is 16.6. The number of nitrogen functional groups attached to an aromatic ring is 1. The van der Waals surface area contributed by atoms with Gasteiger partial charge in [-0.1, -0.05) is 23.7 Å². The van der Waals surface area contributed by atoms with Crippen LogP contribution in [0.2, 0.25) is 0 Å². The number of rotatable bonds is 5. The Morgan fingerprint density at radius 2 is 1.74 bits per heavy atom. The molecule has 0 amide bonds. The van der Waals surface area contributed by atoms with E-state index in [1.54, 1.807) is 0 Å². The maximum atomic E-state index is 15.2. The first-order valence-electron chi connectivity index (χ1n) is 8.96. The number of benzene rings is 3. The summed E-state index contributed by atoms with van der Waals surface area (Å²) in [5, 5.41) is 2.71. The smallest absolute Gasteiger partial charge is 0.340 e. The number of carbonyl (C=O) groups excluding carboxylic acids is 2. The lowest BCUT2D eigenvalue weighted by molar-refractivity contribution is 0.0602. The summed E-state index contributed by atoms with van der Waals surface area (Å²) in [6.07, 6.45) is 0.513. The van der Waals surface area contributed by atoms with Crippen molar-refractivity contribution in [3.63, 3.8) is 0 Å². The van der Waals surface area contributed by atoms with Crippen molar-refractivity contribution >= 4 is 36.9 Å². The van der Waals surface area contributed by atoms with Crippen LogP contribution in [0.1, 0.15) is 20.7 Å². The van der Waals surface area contributed by atoms with Crippen LogP contribution in [0.25, 0.3) is 22.3 Å². The molecule has 0 saturated carbocycles. The number of hydrogen-bond acceptors (Lipinski definition) is 5. The Morgan fingerprint density at radius 1 is 1.06 bits per heavy atom. The third-order valence-corrected chi connectivity index (χ3v) is 4.78. The summed E-state index contributed by atoms with van der Waals surface area (Å²) in [5.74, 6) is -4.98. The van der Waals surface area contributed by atoms with E-state index in [0.29, 0.717) is 6.29 Å². The molecule has 0 aliphatic carbocycles. The lowest BCUT2D eigenvalue weighted by atomic mass is 9.82. The second-order valence-electron chi connectivity index (χ2n) is 6.58. The van der Waals surface area contributed by atoms with Crippen LogP contribution in [0.5, 0.6) is 0 Å². The summed E-state index contributed by atoms with van der Waals surface area (Å²) in [4.78, 5) is 23.1. The summed E-state index contributed by atoms with van der Waals surface area (Å²) in [7, 11) is 8.46. The Hall–Kier alpha value is -3.75. The largest absolute Gasteiger partial charge is 0.465 e. The van der Waals surface area contributed by atoms with Crippen molar-refractivity contribution in [1.82, 2.24) is 0 Å². The first-order chi connectivity index (χ1) is 14.7. The highest BCUT2D eigenvalue weighted by Gasteiger charge is 2.26. The molecule has 3 N–H and O–H groups in total. The van der Waals surface area contributed by atoms with Crippen LogP contribution in [0.4, 0.5) is 24.5 Å². The molecule has 0 unspecified atom stereocenters. The maximum absolute atomic E-state index is 15.2. The first-order valence-corrected chi connectivity index (χ1v) is 8.96. The molecule has 0 bridgehead atoms. The highest BCUT2D eigenvalue weighted by molar-refractivity contribution is 6.36. The lowest BCUT2D eigenvalue weighted by Crippen LogP contribution is -2.19. The standard InChI is InChI=1S/C22H16BF3N2O3/c1-28-21-13(22(30)31-2)7-12(8-14(21)27)16-18(24)17(23)15(19(25)20(16)26)11-5-3-4-10(6-11)9-29/h3-9,28H,27H2,1-2H3. The lowest BCUT2D eigenvalue weighted by Gasteiger charge is -2.17. The second kappa shape index (κ2) is 8.55. The van der Waals surface area contributed by atoms with Crippen LogP contribution in [-0.2, 0) is 4.74 Å². The van der Waals surface area contributed by atoms with Crippen molar-refractivity contribution in [2.75, 3.05) is 25.2 Å². The van der Waals surface area contributed by atoms with Gasteiger partial charge in [-0.05, 0) is 29.3 Å². The third-order valence-electron chi connectivity index (χ3n) is 4.78. The SMILES string of the molecule is [B]c1c(F)c(-c2cc(N)c(NC)c(C(=O)OC)c2)c(F)c(F)c1-c1cccc(C=O)c1. The van der Waals surface area contributed by atoms with E-state index in [1.807, 2.05) is 0 Å². The number of anilines is 2. The van der Waals surface area contributed by atoms with E-state index in [0.717, 1.165) is 13.2 Å². The fourth-order valence-electron chi connectivity index (χ4n) is 3.34. The Kier molecular flexibility index (Phi) is 6.05. The fourth-order valence-corrected chi connectivity index (χ4v) is 3.34. The zero-order valence-electron chi connectivity index (χ0n) is 16.6. The molecule has 3 aromatic carbocycles. The van der Waals surface area contributed by atoms with Gasteiger partial charge in [0.25, 0.3) is 0 Å². The van der Waals surface area contributed by atoms with Gasteiger partial charge >= 0.3 is 5.97 Å². The van der Waals surface area contributed by atoms with Gasteiger partial charge in [0.2, 0.25) is 0 Å². The number of ether oxygens (including phenoxy) is 1. The number of nitrogens with two attached hydrogens (primary N) is 1. The molecule has 5 nitrogen and oxygen atoms in total. The van der Waals surface area contributed by atoms with E-state index < -0.39 is 40.0 Å². The van der Waals surface area contributed by atoms with Crippen LogP contribution >= 0.6 is 0 Å². The average Bonchev–Trinajstić information content (AvgIpc) is 2.77. The topological polar surface area (TPSA) is 81.4 Å². The zero-order chi connectivity index (χ0) is 22.9. The molecule has 0 heterocycles. The van der Waals surface area contributed by atoms with Crippen LogP contribution in [-0.4, -0.2) is 34.3 Å². The molecule has 0 atom stereocenters. The van der Waals surface area contributed by atoms with E-state index >= 15 is 13.2 Å². The fraction of sp³-hybridized carbons (Fsp3) is 0.0909. The molecule has 0 aromatic heterocycles. The highest BCUT2D eigenvalue weighted by Crippen LogP contribution is 2.36. The predicted molar refractivity (Wildman–Crippen MR) is 113 cm³/mol. The van der Waals surface area contributed by atoms with Crippen molar-refractivity contribution in [2.45, 2.75) is 0 Å². The number of methoxy groups -OCH3 is 1. The van der Waals surface area contributed by atoms with E-state index in [-0.39, 0.29) is 33.6 Å². The van der Waals surface area contributed by atoms with Crippen LogP contribution in [0.15, 0.2) is 36.4 Å². The van der Waals surface area contributed by atoms with Gasteiger partial charge in [-0.2, -0.15) is 0 Å². The van der Waals surface area contributed by atoms with E-state index in [2.05, 4.69) is 10.1 Å². The summed E-state index contributed by atoms with van der Waals surface area (Å²) in [6, 6.07) is 7.82. The van der Waals surface area contributed by atoms with Gasteiger partial charge < -0.3 is 15.8 Å². The van der Waals surface area contributed by atoms with E-state index in [1.165, 1.54) is 37.4 Å².